The number of benzene rings is 2. The summed E-state index contributed by atoms with van der Waals surface area (Å²) < 4.78 is 32.3. The van der Waals surface area contributed by atoms with Crippen molar-refractivity contribution < 1.29 is 18.3 Å². The lowest BCUT2D eigenvalue weighted by Gasteiger charge is -2.24. The number of para-hydroxylation sites is 2. The van der Waals surface area contributed by atoms with Gasteiger partial charge in [0.25, 0.3) is 5.56 Å². The maximum absolute atomic E-state index is 13.1. The summed E-state index contributed by atoms with van der Waals surface area (Å²) >= 11 is 1.21. The van der Waals surface area contributed by atoms with Gasteiger partial charge < -0.3 is 13.9 Å². The van der Waals surface area contributed by atoms with Crippen molar-refractivity contribution in [2.75, 3.05) is 6.61 Å². The van der Waals surface area contributed by atoms with Gasteiger partial charge in [-0.3, -0.25) is 4.79 Å². The molecule has 0 N–H and O–H groups in total. The molecule has 0 fully saturated rings. The van der Waals surface area contributed by atoms with Gasteiger partial charge in [0.2, 0.25) is 4.96 Å². The minimum Gasteiger partial charge on any atom is -0.485 e. The van der Waals surface area contributed by atoms with Crippen LogP contribution < -0.4 is 19.6 Å². The second-order valence-corrected chi connectivity index (χ2v) is 8.16. The molecule has 0 amide bonds. The van der Waals surface area contributed by atoms with Gasteiger partial charge in [-0.25, -0.2) is 4.39 Å². The molecule has 32 heavy (non-hydrogen) atoms. The van der Waals surface area contributed by atoms with Crippen LogP contribution in [0, 0.1) is 5.82 Å². The first-order valence-corrected chi connectivity index (χ1v) is 10.6. The maximum Gasteiger partial charge on any atom is 0.291 e. The van der Waals surface area contributed by atoms with Crippen molar-refractivity contribution >= 4 is 22.4 Å². The normalized spacial score (nSPS) is 16.0. The molecule has 0 saturated heterocycles. The molecule has 0 unspecified atom stereocenters. The molecule has 1 atom stereocenters. The third-order valence-corrected chi connectivity index (χ3v) is 5.98. The highest BCUT2D eigenvalue weighted by Gasteiger charge is 2.27. The Morgan fingerprint density at radius 2 is 1.88 bits per heavy atom. The van der Waals surface area contributed by atoms with Crippen LogP contribution in [0.4, 0.5) is 4.39 Å². The van der Waals surface area contributed by atoms with Crippen LogP contribution in [0.3, 0.4) is 0 Å². The van der Waals surface area contributed by atoms with E-state index in [0.717, 1.165) is 5.56 Å². The highest BCUT2D eigenvalue weighted by atomic mass is 32.1. The van der Waals surface area contributed by atoms with Crippen LogP contribution >= 0.6 is 11.3 Å². The lowest BCUT2D eigenvalue weighted by atomic mass is 10.2. The number of hydrogen-bond donors (Lipinski definition) is 0. The predicted octanol–water partition coefficient (Wildman–Crippen LogP) is 3.61. The Morgan fingerprint density at radius 1 is 1.06 bits per heavy atom. The Labute approximate surface area is 184 Å². The van der Waals surface area contributed by atoms with Crippen LogP contribution in [-0.4, -0.2) is 21.2 Å². The average Bonchev–Trinajstić information content (AvgIpc) is 3.52. The van der Waals surface area contributed by atoms with Gasteiger partial charge in [-0.05, 0) is 48.5 Å². The van der Waals surface area contributed by atoms with Crippen molar-refractivity contribution in [1.29, 1.82) is 0 Å². The number of halogens is 1. The van der Waals surface area contributed by atoms with Crippen molar-refractivity contribution in [3.8, 4) is 22.8 Å². The molecular weight excluding hydrogens is 433 g/mol. The Hall–Kier alpha value is -3.98. The number of nitrogens with zero attached hydrogens (tertiary/aromatic N) is 3. The number of ether oxygens (including phenoxy) is 2. The summed E-state index contributed by atoms with van der Waals surface area (Å²) in [7, 11) is 0. The Morgan fingerprint density at radius 3 is 2.69 bits per heavy atom. The minimum atomic E-state index is -0.493. The van der Waals surface area contributed by atoms with Gasteiger partial charge in [-0.15, -0.1) is 5.10 Å². The van der Waals surface area contributed by atoms with Crippen LogP contribution in [0.15, 0.2) is 69.9 Å². The maximum atomic E-state index is 13.1. The first kappa shape index (κ1) is 18.8. The van der Waals surface area contributed by atoms with Gasteiger partial charge in [0.15, 0.2) is 23.4 Å². The summed E-state index contributed by atoms with van der Waals surface area (Å²) in [5, 5.41) is 4.34. The molecule has 0 bridgehead atoms. The lowest BCUT2D eigenvalue weighted by Crippen LogP contribution is -2.26. The number of thiazole rings is 1. The number of hydrogen-bond acceptors (Lipinski definition) is 7. The van der Waals surface area contributed by atoms with E-state index in [1.807, 2.05) is 24.3 Å². The Balaban J connectivity index is 1.30. The van der Waals surface area contributed by atoms with Crippen molar-refractivity contribution in [1.82, 2.24) is 14.6 Å². The molecule has 0 radical (unpaired) electrons. The zero-order chi connectivity index (χ0) is 21.7. The fourth-order valence-corrected chi connectivity index (χ4v) is 4.36. The molecule has 1 aliphatic heterocycles. The molecule has 1 aliphatic rings. The number of aromatic nitrogens is 3. The van der Waals surface area contributed by atoms with Gasteiger partial charge >= 0.3 is 0 Å². The summed E-state index contributed by atoms with van der Waals surface area (Å²) in [6.07, 6.45) is 1.15. The molecular formula is C23H14FN3O4S. The van der Waals surface area contributed by atoms with Crippen LogP contribution in [0.5, 0.6) is 11.5 Å². The SMILES string of the molecule is O=c1/c(=C/c2ccc(-c3ccc(F)cc3)o2)sc2nc([C@H]3COc4ccccc4O3)nn12. The van der Waals surface area contributed by atoms with E-state index in [2.05, 4.69) is 10.1 Å². The van der Waals surface area contributed by atoms with E-state index in [-0.39, 0.29) is 18.0 Å². The predicted molar refractivity (Wildman–Crippen MR) is 115 cm³/mol. The molecule has 0 aliphatic carbocycles. The van der Waals surface area contributed by atoms with Gasteiger partial charge in [-0.1, -0.05) is 23.5 Å². The summed E-state index contributed by atoms with van der Waals surface area (Å²) in [6.45, 7) is 0.264. The molecule has 7 nitrogen and oxygen atoms in total. The molecule has 2 aromatic carbocycles. The first-order valence-electron chi connectivity index (χ1n) is 9.79. The molecule has 4 heterocycles. The number of fused-ring (bicyclic) bond motifs is 2. The standard InChI is InChI=1S/C23H14FN3O4S/c24-14-7-5-13(6-8-14)16-10-9-15(30-16)11-20-22(28)27-23(32-20)25-21(26-27)19-12-29-17-3-1-2-4-18(17)31-19/h1-11,19H,12H2/b20-11-/t19-/m1/s1. The number of furan rings is 1. The Bertz CT molecular complexity index is 1550. The second kappa shape index (κ2) is 7.31. The molecule has 5 aromatic rings. The van der Waals surface area contributed by atoms with Crippen LogP contribution in [-0.2, 0) is 0 Å². The highest BCUT2D eigenvalue weighted by Crippen LogP contribution is 2.35. The summed E-state index contributed by atoms with van der Waals surface area (Å²) in [4.78, 5) is 17.8. The van der Waals surface area contributed by atoms with Crippen molar-refractivity contribution in [2.24, 2.45) is 0 Å². The molecule has 9 heteroatoms. The largest absolute Gasteiger partial charge is 0.485 e. The van der Waals surface area contributed by atoms with Crippen molar-refractivity contribution in [3.05, 3.63) is 93.0 Å². The summed E-state index contributed by atoms with van der Waals surface area (Å²) in [5.74, 6) is 2.46. The van der Waals surface area contributed by atoms with Crippen LogP contribution in [0.1, 0.15) is 17.7 Å². The fraction of sp³-hybridized carbons (Fsp3) is 0.0870. The molecule has 0 spiro atoms. The minimum absolute atomic E-state index is 0.264. The van der Waals surface area contributed by atoms with Crippen LogP contribution in [0.2, 0.25) is 0 Å². The smallest absolute Gasteiger partial charge is 0.291 e. The van der Waals surface area contributed by atoms with Crippen molar-refractivity contribution in [2.45, 2.75) is 6.10 Å². The van der Waals surface area contributed by atoms with E-state index in [9.17, 15) is 9.18 Å². The van der Waals surface area contributed by atoms with Gasteiger partial charge in [0.1, 0.15) is 28.5 Å². The molecule has 6 rings (SSSR count). The van der Waals surface area contributed by atoms with Gasteiger partial charge in [0.05, 0.1) is 0 Å². The lowest BCUT2D eigenvalue weighted by molar-refractivity contribution is 0.0852. The molecule has 3 aromatic heterocycles. The highest BCUT2D eigenvalue weighted by molar-refractivity contribution is 7.15. The second-order valence-electron chi connectivity index (χ2n) is 7.15. The monoisotopic (exact) mass is 447 g/mol. The zero-order valence-corrected chi connectivity index (χ0v) is 17.2. The van der Waals surface area contributed by atoms with E-state index in [0.29, 0.717) is 38.3 Å². The Kier molecular flexibility index (Phi) is 4.29. The van der Waals surface area contributed by atoms with E-state index in [4.69, 9.17) is 13.9 Å². The fourth-order valence-electron chi connectivity index (χ4n) is 3.46. The van der Waals surface area contributed by atoms with E-state index < -0.39 is 6.10 Å². The third-order valence-electron chi connectivity index (χ3n) is 5.02. The molecule has 0 saturated carbocycles. The van der Waals surface area contributed by atoms with E-state index >= 15 is 0 Å². The average molecular weight is 447 g/mol. The quantitative estimate of drug-likeness (QED) is 0.421. The van der Waals surface area contributed by atoms with Gasteiger partial charge in [-0.2, -0.15) is 9.50 Å². The molecule has 158 valence electrons. The first-order chi connectivity index (χ1) is 15.6. The summed E-state index contributed by atoms with van der Waals surface area (Å²) in [6, 6.07) is 16.9. The van der Waals surface area contributed by atoms with Gasteiger partial charge in [0, 0.05) is 11.6 Å². The summed E-state index contributed by atoms with van der Waals surface area (Å²) in [5.41, 5.74) is 0.456. The third kappa shape index (κ3) is 3.23. The zero-order valence-electron chi connectivity index (χ0n) is 16.4. The number of rotatable bonds is 3. The van der Waals surface area contributed by atoms with E-state index in [1.54, 1.807) is 30.3 Å². The van der Waals surface area contributed by atoms with Crippen molar-refractivity contribution in [3.63, 3.8) is 0 Å². The van der Waals surface area contributed by atoms with Crippen LogP contribution in [0.25, 0.3) is 22.4 Å². The topological polar surface area (TPSA) is 78.9 Å². The van der Waals surface area contributed by atoms with E-state index in [1.165, 1.54) is 28.0 Å².